The standard InChI is InChI=1S/C14H23NO2S/c1-4-11(2)14(3,17)10-15-13(16)8-7-12-6-5-9-18-12/h5-6,9,11,17H,4,7-8,10H2,1-3H3,(H,15,16). The average molecular weight is 269 g/mol. The van der Waals surface area contributed by atoms with E-state index in [-0.39, 0.29) is 11.8 Å². The van der Waals surface area contributed by atoms with Gasteiger partial charge in [0.05, 0.1) is 5.60 Å². The molecule has 1 aromatic heterocycles. The molecule has 2 N–H and O–H groups in total. The van der Waals surface area contributed by atoms with Crippen molar-refractivity contribution in [2.24, 2.45) is 5.92 Å². The summed E-state index contributed by atoms with van der Waals surface area (Å²) in [6.45, 7) is 6.14. The molecule has 0 aromatic carbocycles. The molecule has 102 valence electrons. The third kappa shape index (κ3) is 4.78. The van der Waals surface area contributed by atoms with Gasteiger partial charge in [-0.2, -0.15) is 0 Å². The molecule has 0 fully saturated rings. The fraction of sp³-hybridized carbons (Fsp3) is 0.643. The van der Waals surface area contributed by atoms with Crippen LogP contribution in [0.15, 0.2) is 17.5 Å². The first-order valence-corrected chi connectivity index (χ1v) is 7.35. The van der Waals surface area contributed by atoms with Gasteiger partial charge < -0.3 is 10.4 Å². The molecule has 0 bridgehead atoms. The van der Waals surface area contributed by atoms with E-state index in [0.29, 0.717) is 13.0 Å². The number of rotatable bonds is 7. The summed E-state index contributed by atoms with van der Waals surface area (Å²) in [5.74, 6) is 0.182. The van der Waals surface area contributed by atoms with Crippen molar-refractivity contribution in [3.8, 4) is 0 Å². The lowest BCUT2D eigenvalue weighted by molar-refractivity contribution is -0.122. The summed E-state index contributed by atoms with van der Waals surface area (Å²) >= 11 is 1.67. The van der Waals surface area contributed by atoms with Crippen LogP contribution in [0.4, 0.5) is 0 Å². The van der Waals surface area contributed by atoms with Gasteiger partial charge in [-0.3, -0.25) is 4.79 Å². The number of hydrogen-bond donors (Lipinski definition) is 2. The lowest BCUT2D eigenvalue weighted by Gasteiger charge is -2.29. The van der Waals surface area contributed by atoms with Gasteiger partial charge in [-0.25, -0.2) is 0 Å². The molecule has 0 aliphatic rings. The Morgan fingerprint density at radius 1 is 1.61 bits per heavy atom. The van der Waals surface area contributed by atoms with Gasteiger partial charge in [0.2, 0.25) is 5.91 Å². The fourth-order valence-corrected chi connectivity index (χ4v) is 2.38. The summed E-state index contributed by atoms with van der Waals surface area (Å²) in [4.78, 5) is 12.9. The first-order chi connectivity index (χ1) is 8.45. The molecular weight excluding hydrogens is 246 g/mol. The van der Waals surface area contributed by atoms with Gasteiger partial charge in [0.1, 0.15) is 0 Å². The molecule has 0 radical (unpaired) electrons. The zero-order chi connectivity index (χ0) is 13.6. The average Bonchev–Trinajstić information content (AvgIpc) is 2.86. The Balaban J connectivity index is 2.28. The van der Waals surface area contributed by atoms with Crippen molar-refractivity contribution in [3.63, 3.8) is 0 Å². The Morgan fingerprint density at radius 3 is 2.89 bits per heavy atom. The molecule has 0 aliphatic carbocycles. The van der Waals surface area contributed by atoms with E-state index in [2.05, 4.69) is 5.32 Å². The molecular formula is C14H23NO2S. The molecule has 4 heteroatoms. The lowest BCUT2D eigenvalue weighted by atomic mass is 9.88. The van der Waals surface area contributed by atoms with Crippen LogP contribution >= 0.6 is 11.3 Å². The van der Waals surface area contributed by atoms with Crippen LogP contribution in [0.2, 0.25) is 0 Å². The van der Waals surface area contributed by atoms with Crippen molar-refractivity contribution >= 4 is 17.2 Å². The first kappa shape index (κ1) is 15.2. The second kappa shape index (κ2) is 6.90. The zero-order valence-corrected chi connectivity index (χ0v) is 12.2. The molecule has 1 amide bonds. The number of aliphatic hydroxyl groups is 1. The predicted molar refractivity (Wildman–Crippen MR) is 75.7 cm³/mol. The van der Waals surface area contributed by atoms with Crippen LogP contribution in [-0.4, -0.2) is 23.2 Å². The SMILES string of the molecule is CCC(C)C(C)(O)CNC(=O)CCc1cccs1. The topological polar surface area (TPSA) is 49.3 Å². The number of amides is 1. The number of aryl methyl sites for hydroxylation is 1. The highest BCUT2D eigenvalue weighted by Gasteiger charge is 2.27. The molecule has 2 atom stereocenters. The maximum absolute atomic E-state index is 11.7. The van der Waals surface area contributed by atoms with Crippen molar-refractivity contribution in [1.82, 2.24) is 5.32 Å². The Morgan fingerprint density at radius 2 is 2.33 bits per heavy atom. The Bertz CT molecular complexity index is 360. The van der Waals surface area contributed by atoms with Crippen LogP contribution in [0.5, 0.6) is 0 Å². The summed E-state index contributed by atoms with van der Waals surface area (Å²) in [5, 5.41) is 15.0. The van der Waals surface area contributed by atoms with E-state index in [1.54, 1.807) is 18.3 Å². The summed E-state index contributed by atoms with van der Waals surface area (Å²) in [6, 6.07) is 4.03. The molecule has 0 saturated carbocycles. The Kier molecular flexibility index (Phi) is 5.82. The highest BCUT2D eigenvalue weighted by atomic mass is 32.1. The molecule has 3 nitrogen and oxygen atoms in total. The summed E-state index contributed by atoms with van der Waals surface area (Å²) in [5.41, 5.74) is -0.826. The van der Waals surface area contributed by atoms with E-state index < -0.39 is 5.60 Å². The van der Waals surface area contributed by atoms with Crippen LogP contribution < -0.4 is 5.32 Å². The molecule has 0 saturated heterocycles. The van der Waals surface area contributed by atoms with Crippen LogP contribution in [0, 0.1) is 5.92 Å². The summed E-state index contributed by atoms with van der Waals surface area (Å²) in [7, 11) is 0. The quantitative estimate of drug-likeness (QED) is 0.799. The molecule has 0 spiro atoms. The lowest BCUT2D eigenvalue weighted by Crippen LogP contribution is -2.45. The van der Waals surface area contributed by atoms with Crippen molar-refractivity contribution in [1.29, 1.82) is 0 Å². The normalized spacial score (nSPS) is 16.0. The van der Waals surface area contributed by atoms with Gasteiger partial charge in [0.15, 0.2) is 0 Å². The minimum Gasteiger partial charge on any atom is -0.388 e. The Labute approximate surface area is 113 Å². The van der Waals surface area contributed by atoms with Crippen molar-refractivity contribution in [3.05, 3.63) is 22.4 Å². The van der Waals surface area contributed by atoms with E-state index in [1.807, 2.05) is 31.4 Å². The highest BCUT2D eigenvalue weighted by molar-refractivity contribution is 7.09. The first-order valence-electron chi connectivity index (χ1n) is 6.47. The Hall–Kier alpha value is -0.870. The fourth-order valence-electron chi connectivity index (χ4n) is 1.67. The van der Waals surface area contributed by atoms with Crippen LogP contribution in [0.3, 0.4) is 0 Å². The zero-order valence-electron chi connectivity index (χ0n) is 11.4. The van der Waals surface area contributed by atoms with E-state index in [0.717, 1.165) is 12.8 Å². The summed E-state index contributed by atoms with van der Waals surface area (Å²) in [6.07, 6.45) is 2.16. The van der Waals surface area contributed by atoms with E-state index in [9.17, 15) is 9.90 Å². The third-order valence-corrected chi connectivity index (χ3v) is 4.43. The van der Waals surface area contributed by atoms with Gasteiger partial charge >= 0.3 is 0 Å². The maximum Gasteiger partial charge on any atom is 0.220 e. The maximum atomic E-state index is 11.7. The van der Waals surface area contributed by atoms with Crippen LogP contribution in [0.25, 0.3) is 0 Å². The minimum atomic E-state index is -0.826. The monoisotopic (exact) mass is 269 g/mol. The third-order valence-electron chi connectivity index (χ3n) is 3.50. The molecule has 2 unspecified atom stereocenters. The highest BCUT2D eigenvalue weighted by Crippen LogP contribution is 2.19. The van der Waals surface area contributed by atoms with E-state index in [4.69, 9.17) is 0 Å². The second-order valence-electron chi connectivity index (χ2n) is 5.02. The summed E-state index contributed by atoms with van der Waals surface area (Å²) < 4.78 is 0. The van der Waals surface area contributed by atoms with Gasteiger partial charge in [-0.15, -0.1) is 11.3 Å². The minimum absolute atomic E-state index is 0.00646. The largest absolute Gasteiger partial charge is 0.388 e. The van der Waals surface area contributed by atoms with Crippen molar-refractivity contribution in [2.75, 3.05) is 6.54 Å². The molecule has 1 heterocycles. The molecule has 1 aromatic rings. The van der Waals surface area contributed by atoms with Crippen LogP contribution in [0.1, 0.15) is 38.5 Å². The smallest absolute Gasteiger partial charge is 0.220 e. The number of thiophene rings is 1. The molecule has 18 heavy (non-hydrogen) atoms. The van der Waals surface area contributed by atoms with Crippen molar-refractivity contribution in [2.45, 2.75) is 45.6 Å². The second-order valence-corrected chi connectivity index (χ2v) is 6.05. The van der Waals surface area contributed by atoms with Crippen LogP contribution in [-0.2, 0) is 11.2 Å². The van der Waals surface area contributed by atoms with Crippen molar-refractivity contribution < 1.29 is 9.90 Å². The van der Waals surface area contributed by atoms with E-state index >= 15 is 0 Å². The number of carbonyl (C=O) groups excluding carboxylic acids is 1. The van der Waals surface area contributed by atoms with Gasteiger partial charge in [-0.05, 0) is 30.7 Å². The molecule has 1 rings (SSSR count). The molecule has 0 aliphatic heterocycles. The van der Waals surface area contributed by atoms with E-state index in [1.165, 1.54) is 4.88 Å². The van der Waals surface area contributed by atoms with Gasteiger partial charge in [-0.1, -0.05) is 26.3 Å². The van der Waals surface area contributed by atoms with Gasteiger partial charge in [0.25, 0.3) is 0 Å². The van der Waals surface area contributed by atoms with Gasteiger partial charge in [0, 0.05) is 17.8 Å². The number of nitrogens with one attached hydrogen (secondary N) is 1. The predicted octanol–water partition coefficient (Wildman–Crippen LogP) is 2.59. The number of carbonyl (C=O) groups is 1. The number of hydrogen-bond acceptors (Lipinski definition) is 3.